The number of unbranched alkanes of at least 4 members (excludes halogenated alkanes) is 1. The normalized spacial score (nSPS) is 16.2. The number of carbonyl (C=O) groups is 2. The summed E-state index contributed by atoms with van der Waals surface area (Å²) in [6.45, 7) is 3.71. The molecule has 9 heteroatoms. The van der Waals surface area contributed by atoms with Crippen LogP contribution in [0, 0.1) is 0 Å². The molecule has 1 aromatic rings. The Bertz CT molecular complexity index is 717. The second-order valence-electron chi connectivity index (χ2n) is 6.50. The van der Waals surface area contributed by atoms with E-state index in [1.54, 1.807) is 7.11 Å². The largest absolute Gasteiger partial charge is 0.476 e. The summed E-state index contributed by atoms with van der Waals surface area (Å²) < 4.78 is 50.3. The molecule has 0 spiro atoms. The van der Waals surface area contributed by atoms with E-state index in [1.807, 2.05) is 0 Å². The van der Waals surface area contributed by atoms with Crippen LogP contribution in [0.1, 0.15) is 42.6 Å². The Morgan fingerprint density at radius 3 is 2.50 bits per heavy atom. The van der Waals surface area contributed by atoms with Gasteiger partial charge in [-0.15, -0.1) is 0 Å². The van der Waals surface area contributed by atoms with E-state index in [0.29, 0.717) is 19.4 Å². The molecule has 2 rings (SSSR count). The molecule has 1 aliphatic rings. The number of benzene rings is 1. The number of anilines is 1. The predicted octanol–water partition coefficient (Wildman–Crippen LogP) is 2.73. The molecule has 0 saturated carbocycles. The van der Waals surface area contributed by atoms with Gasteiger partial charge in [-0.2, -0.15) is 13.2 Å². The van der Waals surface area contributed by atoms with E-state index in [0.717, 1.165) is 12.1 Å². The zero-order valence-corrected chi connectivity index (χ0v) is 14.8. The zero-order chi connectivity index (χ0) is 19.7. The average molecular weight is 374 g/mol. The maximum Gasteiger partial charge on any atom is 0.417 e. The van der Waals surface area contributed by atoms with Crippen molar-refractivity contribution in [2.24, 2.45) is 5.73 Å². The third kappa shape index (κ3) is 3.92. The molecule has 0 unspecified atom stereocenters. The summed E-state index contributed by atoms with van der Waals surface area (Å²) in [6, 6.07) is 1.70. The van der Waals surface area contributed by atoms with Crippen molar-refractivity contribution in [2.75, 3.05) is 25.2 Å². The first kappa shape index (κ1) is 20.0. The van der Waals surface area contributed by atoms with Crippen molar-refractivity contribution in [1.29, 1.82) is 0 Å². The van der Waals surface area contributed by atoms with Crippen LogP contribution < -0.4 is 15.4 Å². The van der Waals surface area contributed by atoms with Gasteiger partial charge in [0.15, 0.2) is 5.60 Å². The Labute approximate surface area is 149 Å². The Hall–Kier alpha value is -2.29. The summed E-state index contributed by atoms with van der Waals surface area (Å²) >= 11 is 0. The van der Waals surface area contributed by atoms with E-state index >= 15 is 0 Å². The van der Waals surface area contributed by atoms with Crippen LogP contribution in [0.5, 0.6) is 5.75 Å². The average Bonchev–Trinajstić information content (AvgIpc) is 2.52. The van der Waals surface area contributed by atoms with Crippen LogP contribution in [-0.2, 0) is 15.7 Å². The molecule has 0 aliphatic carbocycles. The van der Waals surface area contributed by atoms with Crippen LogP contribution in [-0.4, -0.2) is 37.7 Å². The van der Waals surface area contributed by atoms with Gasteiger partial charge < -0.3 is 20.1 Å². The molecule has 6 nitrogen and oxygen atoms in total. The van der Waals surface area contributed by atoms with Crippen molar-refractivity contribution in [2.45, 2.75) is 38.5 Å². The monoisotopic (exact) mass is 374 g/mol. The van der Waals surface area contributed by atoms with Crippen LogP contribution in [0.4, 0.5) is 18.9 Å². The van der Waals surface area contributed by atoms with Crippen LogP contribution in [0.25, 0.3) is 0 Å². The lowest BCUT2D eigenvalue weighted by Crippen LogP contribution is -2.53. The third-order valence-corrected chi connectivity index (χ3v) is 4.07. The number of hydrogen-bond acceptors (Lipinski definition) is 4. The SMILES string of the molecule is COCCCCN1C(=O)C(C)(C)Oc2cc(C(F)(F)F)c(C(N)=O)cc21. The number of alkyl halides is 3. The van der Waals surface area contributed by atoms with Crippen molar-refractivity contribution in [3.05, 3.63) is 23.3 Å². The number of methoxy groups -OCH3 is 1. The van der Waals surface area contributed by atoms with Gasteiger partial charge in [-0.25, -0.2) is 0 Å². The molecule has 1 heterocycles. The maximum atomic E-state index is 13.3. The van der Waals surface area contributed by atoms with Gasteiger partial charge in [0.1, 0.15) is 5.75 Å². The smallest absolute Gasteiger partial charge is 0.417 e. The van der Waals surface area contributed by atoms with Crippen LogP contribution in [0.3, 0.4) is 0 Å². The van der Waals surface area contributed by atoms with Crippen molar-refractivity contribution >= 4 is 17.5 Å². The van der Waals surface area contributed by atoms with Crippen LogP contribution in [0.2, 0.25) is 0 Å². The molecule has 0 atom stereocenters. The summed E-state index contributed by atoms with van der Waals surface area (Å²) in [5.74, 6) is -1.74. The third-order valence-electron chi connectivity index (χ3n) is 4.07. The predicted molar refractivity (Wildman–Crippen MR) is 88.1 cm³/mol. The molecule has 0 aromatic heterocycles. The number of rotatable bonds is 6. The minimum absolute atomic E-state index is 0.105. The van der Waals surface area contributed by atoms with Gasteiger partial charge in [0.05, 0.1) is 16.8 Å². The highest BCUT2D eigenvalue weighted by atomic mass is 19.4. The van der Waals surface area contributed by atoms with Gasteiger partial charge in [0.2, 0.25) is 5.91 Å². The highest BCUT2D eigenvalue weighted by Gasteiger charge is 2.43. The number of carbonyl (C=O) groups excluding carboxylic acids is 2. The Balaban J connectivity index is 2.52. The molecule has 0 radical (unpaired) electrons. The van der Waals surface area contributed by atoms with E-state index in [4.69, 9.17) is 15.2 Å². The van der Waals surface area contributed by atoms with E-state index in [9.17, 15) is 22.8 Å². The van der Waals surface area contributed by atoms with Gasteiger partial charge in [-0.1, -0.05) is 0 Å². The van der Waals surface area contributed by atoms with Crippen LogP contribution in [0.15, 0.2) is 12.1 Å². The number of nitrogens with two attached hydrogens (primary N) is 1. The highest BCUT2D eigenvalue weighted by Crippen LogP contribution is 2.43. The van der Waals surface area contributed by atoms with Gasteiger partial charge in [-0.3, -0.25) is 9.59 Å². The number of primary amides is 1. The number of amides is 2. The second kappa shape index (κ2) is 7.14. The number of hydrogen-bond donors (Lipinski definition) is 1. The fourth-order valence-corrected chi connectivity index (χ4v) is 2.79. The van der Waals surface area contributed by atoms with Gasteiger partial charge in [0, 0.05) is 20.3 Å². The van der Waals surface area contributed by atoms with Gasteiger partial charge in [0.25, 0.3) is 5.91 Å². The standard InChI is InChI=1S/C17H21F3N2O4/c1-16(2)15(24)22(6-4-5-7-25-3)12-8-10(14(21)23)11(17(18,19)20)9-13(12)26-16/h8-9H,4-7H2,1-3H3,(H2,21,23). The Morgan fingerprint density at radius 1 is 1.31 bits per heavy atom. The molecule has 0 fully saturated rings. The van der Waals surface area contributed by atoms with Gasteiger partial charge >= 0.3 is 6.18 Å². The first-order valence-electron chi connectivity index (χ1n) is 8.04. The molecule has 0 saturated heterocycles. The molecule has 1 aliphatic heterocycles. The number of nitrogens with zero attached hydrogens (tertiary/aromatic N) is 1. The fourth-order valence-electron chi connectivity index (χ4n) is 2.79. The number of halogens is 3. The lowest BCUT2D eigenvalue weighted by molar-refractivity contribution is -0.138. The summed E-state index contributed by atoms with van der Waals surface area (Å²) in [5, 5.41) is 0. The fraction of sp³-hybridized carbons (Fsp3) is 0.529. The molecular formula is C17H21F3N2O4. The molecule has 2 amide bonds. The number of fused-ring (bicyclic) bond motifs is 1. The Morgan fingerprint density at radius 2 is 1.96 bits per heavy atom. The van der Waals surface area contributed by atoms with E-state index in [1.165, 1.54) is 18.7 Å². The van der Waals surface area contributed by atoms with E-state index in [2.05, 4.69) is 0 Å². The molecular weight excluding hydrogens is 353 g/mol. The van der Waals surface area contributed by atoms with Crippen molar-refractivity contribution in [3.63, 3.8) is 0 Å². The lowest BCUT2D eigenvalue weighted by Gasteiger charge is -2.39. The van der Waals surface area contributed by atoms with Crippen LogP contribution >= 0.6 is 0 Å². The maximum absolute atomic E-state index is 13.3. The highest BCUT2D eigenvalue weighted by molar-refractivity contribution is 6.04. The minimum Gasteiger partial charge on any atom is -0.476 e. The summed E-state index contributed by atoms with van der Waals surface area (Å²) in [5.41, 5.74) is 2.01. The molecule has 26 heavy (non-hydrogen) atoms. The first-order valence-corrected chi connectivity index (χ1v) is 8.04. The molecule has 2 N–H and O–H groups in total. The Kier molecular flexibility index (Phi) is 5.50. The molecule has 1 aromatic carbocycles. The summed E-state index contributed by atoms with van der Waals surface area (Å²) in [4.78, 5) is 25.5. The van der Waals surface area contributed by atoms with E-state index < -0.39 is 34.7 Å². The molecule has 0 bridgehead atoms. The zero-order valence-electron chi connectivity index (χ0n) is 14.8. The van der Waals surface area contributed by atoms with Crippen molar-refractivity contribution in [1.82, 2.24) is 0 Å². The van der Waals surface area contributed by atoms with Crippen molar-refractivity contribution in [3.8, 4) is 5.75 Å². The minimum atomic E-state index is -4.78. The quantitative estimate of drug-likeness (QED) is 0.777. The topological polar surface area (TPSA) is 81.9 Å². The molecule has 144 valence electrons. The summed E-state index contributed by atoms with van der Waals surface area (Å²) in [7, 11) is 1.55. The first-order chi connectivity index (χ1) is 12.0. The summed E-state index contributed by atoms with van der Waals surface area (Å²) in [6.07, 6.45) is -3.54. The van der Waals surface area contributed by atoms with Crippen molar-refractivity contribution < 1.29 is 32.2 Å². The lowest BCUT2D eigenvalue weighted by atomic mass is 9.99. The van der Waals surface area contributed by atoms with Gasteiger partial charge in [-0.05, 0) is 38.8 Å². The second-order valence-corrected chi connectivity index (χ2v) is 6.50. The van der Waals surface area contributed by atoms with E-state index in [-0.39, 0.29) is 18.0 Å². The number of ether oxygens (including phenoxy) is 2.